The zero-order valence-corrected chi connectivity index (χ0v) is 14.9. The van der Waals surface area contributed by atoms with Crippen molar-refractivity contribution in [2.24, 2.45) is 11.8 Å². The minimum absolute atomic E-state index is 0.105. The van der Waals surface area contributed by atoms with Crippen LogP contribution < -0.4 is 4.90 Å². The number of benzene rings is 2. The first-order valence-corrected chi connectivity index (χ1v) is 9.40. The first-order chi connectivity index (χ1) is 11.6. The summed E-state index contributed by atoms with van der Waals surface area (Å²) in [6.45, 7) is 6.17. The lowest BCUT2D eigenvalue weighted by atomic mass is 9.92. The van der Waals surface area contributed by atoms with Crippen LogP contribution in [0.25, 0.3) is 0 Å². The molecular weight excluding hydrogens is 316 g/mol. The Kier molecular flexibility index (Phi) is 4.01. The molecule has 0 bridgehead atoms. The number of para-hydroxylation sites is 2. The molecule has 3 nitrogen and oxygen atoms in total. The standard InChI is InChI=1S/C20H22N2OS/c1-14-11-15(2)13-21(12-14)20(23)22-16-7-3-5-9-18(16)24-19-10-6-4-8-17(19)22/h3-10,14-15H,11-13H2,1-2H3/t14-,15-/m0/s1. The second kappa shape index (κ2) is 6.17. The van der Waals surface area contributed by atoms with E-state index in [0.717, 1.165) is 34.3 Å². The van der Waals surface area contributed by atoms with E-state index in [2.05, 4.69) is 26.0 Å². The van der Waals surface area contributed by atoms with Gasteiger partial charge in [-0.25, -0.2) is 4.79 Å². The summed E-state index contributed by atoms with van der Waals surface area (Å²) in [7, 11) is 0. The van der Waals surface area contributed by atoms with Crippen molar-refractivity contribution in [3.63, 3.8) is 0 Å². The number of carbonyl (C=O) groups excluding carboxylic acids is 1. The number of amides is 2. The van der Waals surface area contributed by atoms with Gasteiger partial charge in [0.2, 0.25) is 0 Å². The van der Waals surface area contributed by atoms with Crippen molar-refractivity contribution in [3.8, 4) is 0 Å². The molecule has 2 aromatic rings. The number of piperidine rings is 1. The fourth-order valence-corrected chi connectivity index (χ4v) is 4.93. The molecule has 4 heteroatoms. The number of rotatable bonds is 0. The SMILES string of the molecule is C[C@H]1C[C@H](C)CN(C(=O)N2c3ccccc3Sc3ccccc32)C1. The normalized spacial score (nSPS) is 22.8. The molecule has 2 amide bonds. The molecule has 2 aliphatic heterocycles. The molecule has 2 atom stereocenters. The Labute approximate surface area is 147 Å². The predicted octanol–water partition coefficient (Wildman–Crippen LogP) is 5.39. The van der Waals surface area contributed by atoms with Crippen LogP contribution in [0.15, 0.2) is 58.3 Å². The Morgan fingerprint density at radius 2 is 1.42 bits per heavy atom. The highest BCUT2D eigenvalue weighted by atomic mass is 32.2. The number of nitrogens with zero attached hydrogens (tertiary/aromatic N) is 2. The highest BCUT2D eigenvalue weighted by molar-refractivity contribution is 7.99. The van der Waals surface area contributed by atoms with Crippen molar-refractivity contribution in [1.29, 1.82) is 0 Å². The first kappa shape index (κ1) is 15.6. The number of hydrogen-bond donors (Lipinski definition) is 0. The Balaban J connectivity index is 1.75. The maximum atomic E-state index is 13.4. The molecule has 0 radical (unpaired) electrons. The van der Waals surface area contributed by atoms with Gasteiger partial charge in [0.1, 0.15) is 0 Å². The molecule has 0 saturated carbocycles. The van der Waals surface area contributed by atoms with Crippen LogP contribution in [0.2, 0.25) is 0 Å². The summed E-state index contributed by atoms with van der Waals surface area (Å²) in [4.78, 5) is 19.6. The highest BCUT2D eigenvalue weighted by Crippen LogP contribution is 2.48. The first-order valence-electron chi connectivity index (χ1n) is 8.58. The van der Waals surface area contributed by atoms with Crippen molar-refractivity contribution >= 4 is 29.2 Å². The quantitative estimate of drug-likeness (QED) is 0.643. The van der Waals surface area contributed by atoms with E-state index in [0.29, 0.717) is 11.8 Å². The van der Waals surface area contributed by atoms with Gasteiger partial charge >= 0.3 is 6.03 Å². The van der Waals surface area contributed by atoms with Crippen molar-refractivity contribution in [3.05, 3.63) is 48.5 Å². The van der Waals surface area contributed by atoms with Crippen LogP contribution in [0, 0.1) is 11.8 Å². The van der Waals surface area contributed by atoms with Gasteiger partial charge in [0.25, 0.3) is 0 Å². The van der Waals surface area contributed by atoms with Crippen LogP contribution >= 0.6 is 11.8 Å². The summed E-state index contributed by atoms with van der Waals surface area (Å²) >= 11 is 1.74. The van der Waals surface area contributed by atoms with E-state index in [-0.39, 0.29) is 6.03 Å². The predicted molar refractivity (Wildman–Crippen MR) is 99.1 cm³/mol. The van der Waals surface area contributed by atoms with Gasteiger partial charge in [-0.2, -0.15) is 0 Å². The molecule has 0 N–H and O–H groups in total. The number of carbonyl (C=O) groups is 1. The largest absolute Gasteiger partial charge is 0.329 e. The van der Waals surface area contributed by atoms with E-state index in [9.17, 15) is 4.79 Å². The third-order valence-electron chi connectivity index (χ3n) is 4.76. The van der Waals surface area contributed by atoms with E-state index < -0.39 is 0 Å². The topological polar surface area (TPSA) is 23.6 Å². The van der Waals surface area contributed by atoms with Crippen molar-refractivity contribution in [2.45, 2.75) is 30.1 Å². The minimum Gasteiger partial charge on any atom is -0.324 e. The van der Waals surface area contributed by atoms with Gasteiger partial charge in [-0.3, -0.25) is 4.90 Å². The molecule has 2 aromatic carbocycles. The molecule has 24 heavy (non-hydrogen) atoms. The van der Waals surface area contributed by atoms with Crippen molar-refractivity contribution in [1.82, 2.24) is 4.90 Å². The summed E-state index contributed by atoms with van der Waals surface area (Å²) in [6, 6.07) is 16.5. The van der Waals surface area contributed by atoms with Crippen LogP contribution in [-0.4, -0.2) is 24.0 Å². The molecule has 0 unspecified atom stereocenters. The van der Waals surface area contributed by atoms with Crippen LogP contribution in [-0.2, 0) is 0 Å². The van der Waals surface area contributed by atoms with Crippen LogP contribution in [0.3, 0.4) is 0 Å². The Morgan fingerprint density at radius 1 is 0.917 bits per heavy atom. The minimum atomic E-state index is 0.105. The van der Waals surface area contributed by atoms with Crippen LogP contribution in [0.1, 0.15) is 20.3 Å². The number of likely N-dealkylation sites (tertiary alicyclic amines) is 1. The molecular formula is C20H22N2OS. The molecule has 1 saturated heterocycles. The average molecular weight is 338 g/mol. The zero-order chi connectivity index (χ0) is 16.7. The van der Waals surface area contributed by atoms with E-state index in [1.165, 1.54) is 6.42 Å². The summed E-state index contributed by atoms with van der Waals surface area (Å²) in [5.74, 6) is 1.12. The van der Waals surface area contributed by atoms with Gasteiger partial charge in [-0.05, 0) is 42.5 Å². The number of hydrogen-bond acceptors (Lipinski definition) is 2. The lowest BCUT2D eigenvalue weighted by Crippen LogP contribution is -2.48. The maximum Gasteiger partial charge on any atom is 0.329 e. The molecule has 0 aromatic heterocycles. The lowest BCUT2D eigenvalue weighted by molar-refractivity contribution is 0.153. The van der Waals surface area contributed by atoms with Crippen LogP contribution in [0.4, 0.5) is 16.2 Å². The van der Waals surface area contributed by atoms with Crippen molar-refractivity contribution < 1.29 is 4.79 Å². The number of urea groups is 1. The van der Waals surface area contributed by atoms with Crippen LogP contribution in [0.5, 0.6) is 0 Å². The molecule has 0 aliphatic carbocycles. The third kappa shape index (κ3) is 2.69. The van der Waals surface area contributed by atoms with Gasteiger partial charge in [0.05, 0.1) is 11.4 Å². The second-order valence-corrected chi connectivity index (χ2v) is 8.09. The fourth-order valence-electron chi connectivity index (χ4n) is 3.87. The molecule has 2 heterocycles. The third-order valence-corrected chi connectivity index (χ3v) is 5.89. The van der Waals surface area contributed by atoms with Gasteiger partial charge in [0.15, 0.2) is 0 Å². The number of fused-ring (bicyclic) bond motifs is 2. The van der Waals surface area contributed by atoms with E-state index >= 15 is 0 Å². The summed E-state index contributed by atoms with van der Waals surface area (Å²) in [5.41, 5.74) is 1.99. The number of anilines is 2. The summed E-state index contributed by atoms with van der Waals surface area (Å²) in [6.07, 6.45) is 1.20. The second-order valence-electron chi connectivity index (χ2n) is 7.01. The van der Waals surface area contributed by atoms with Gasteiger partial charge < -0.3 is 4.90 Å². The zero-order valence-electron chi connectivity index (χ0n) is 14.1. The highest BCUT2D eigenvalue weighted by Gasteiger charge is 2.33. The van der Waals surface area contributed by atoms with Crippen molar-refractivity contribution in [2.75, 3.05) is 18.0 Å². The fraction of sp³-hybridized carbons (Fsp3) is 0.350. The molecule has 1 fully saturated rings. The smallest absolute Gasteiger partial charge is 0.324 e. The molecule has 0 spiro atoms. The molecule has 2 aliphatic rings. The van der Waals surface area contributed by atoms with Gasteiger partial charge in [0, 0.05) is 22.9 Å². The van der Waals surface area contributed by atoms with Gasteiger partial charge in [-0.15, -0.1) is 0 Å². The lowest BCUT2D eigenvalue weighted by Gasteiger charge is -2.40. The summed E-state index contributed by atoms with van der Waals surface area (Å²) in [5, 5.41) is 0. The molecule has 124 valence electrons. The summed E-state index contributed by atoms with van der Waals surface area (Å²) < 4.78 is 0. The Hall–Kier alpha value is -1.94. The Bertz CT molecular complexity index is 720. The average Bonchev–Trinajstić information content (AvgIpc) is 2.58. The molecule has 4 rings (SSSR count). The maximum absolute atomic E-state index is 13.4. The van der Waals surface area contributed by atoms with Gasteiger partial charge in [-0.1, -0.05) is 49.9 Å². The van der Waals surface area contributed by atoms with E-state index in [4.69, 9.17) is 0 Å². The van der Waals surface area contributed by atoms with E-state index in [1.807, 2.05) is 46.2 Å². The Morgan fingerprint density at radius 3 is 1.96 bits per heavy atom. The monoisotopic (exact) mass is 338 g/mol. The van der Waals surface area contributed by atoms with E-state index in [1.54, 1.807) is 11.8 Å².